The molecule has 0 saturated carbocycles. The van der Waals surface area contributed by atoms with E-state index in [1.807, 2.05) is 20.8 Å². The quantitative estimate of drug-likeness (QED) is 0.0275. The van der Waals surface area contributed by atoms with Crippen LogP contribution in [0.25, 0.3) is 16.7 Å². The summed E-state index contributed by atoms with van der Waals surface area (Å²) in [6.45, 7) is 10.1. The number of nitrogens with two attached hydrogens (primary N) is 4. The first-order chi connectivity index (χ1) is 38.8. The van der Waals surface area contributed by atoms with Crippen LogP contribution in [0.2, 0.25) is 0 Å². The summed E-state index contributed by atoms with van der Waals surface area (Å²) >= 11 is 0. The molecule has 4 aliphatic heterocycles. The molecule has 0 spiro atoms. The predicted octanol–water partition coefficient (Wildman–Crippen LogP) is -3.11. The minimum Gasteiger partial charge on any atom is -0.480 e. The summed E-state index contributed by atoms with van der Waals surface area (Å²) in [5.41, 5.74) is 23.6. The first-order valence-corrected chi connectivity index (χ1v) is 27.5. The van der Waals surface area contributed by atoms with Crippen molar-refractivity contribution in [3.63, 3.8) is 0 Å². The van der Waals surface area contributed by atoms with E-state index in [0.717, 1.165) is 0 Å². The lowest BCUT2D eigenvalue weighted by molar-refractivity contribution is -0.142. The number of guanidine groups is 2. The molecule has 3 aromatic rings. The molecule has 19 N–H and O–H groups in total. The maximum atomic E-state index is 15.0. The van der Waals surface area contributed by atoms with Crippen LogP contribution in [0, 0.1) is 17.8 Å². The lowest BCUT2D eigenvalue weighted by Gasteiger charge is -2.34. The Labute approximate surface area is 473 Å². The molecule has 0 radical (unpaired) electrons. The number of nitrogens with one attached hydrogen (secondary N) is 10. The van der Waals surface area contributed by atoms with Gasteiger partial charge in [0.05, 0.1) is 12.2 Å². The van der Waals surface area contributed by atoms with Gasteiger partial charge in [0.2, 0.25) is 53.2 Å². The van der Waals surface area contributed by atoms with Gasteiger partial charge in [-0.3, -0.25) is 57.7 Å². The van der Waals surface area contributed by atoms with Crippen molar-refractivity contribution in [1.82, 2.24) is 62.4 Å². The zero-order valence-corrected chi connectivity index (χ0v) is 46.9. The van der Waals surface area contributed by atoms with Gasteiger partial charge in [-0.1, -0.05) is 60.1 Å². The average Bonchev–Trinajstić information content (AvgIpc) is 3.25. The number of carbonyl (C=O) groups excluding carboxylic acids is 9. The maximum Gasteiger partial charge on any atom is 0.326 e. The molecule has 0 aliphatic carbocycles. The number of rotatable bonds is 17. The number of carboxylic acids is 1. The van der Waals surface area contributed by atoms with Crippen molar-refractivity contribution < 1.29 is 53.1 Å². The van der Waals surface area contributed by atoms with Crippen molar-refractivity contribution >= 4 is 82.0 Å². The van der Waals surface area contributed by atoms with Gasteiger partial charge in [0.1, 0.15) is 60.5 Å². The third-order valence-corrected chi connectivity index (χ3v) is 14.9. The molecule has 1 fully saturated rings. The number of aliphatic imine (C=N–C) groups is 2. The van der Waals surface area contributed by atoms with Gasteiger partial charge in [0, 0.05) is 60.9 Å². The second-order valence-corrected chi connectivity index (χ2v) is 21.7. The molecule has 10 atom stereocenters. The molecule has 6 heterocycles. The van der Waals surface area contributed by atoms with Gasteiger partial charge in [0.15, 0.2) is 11.9 Å². The molecule has 4 aliphatic rings. The number of aliphatic carboxylic acids is 1. The number of nitrogens with zero attached hydrogens (tertiary/aromatic N) is 4. The third kappa shape index (κ3) is 16.2. The van der Waals surface area contributed by atoms with Crippen LogP contribution in [0.5, 0.6) is 0 Å². The summed E-state index contributed by atoms with van der Waals surface area (Å²) in [7, 11) is 0. The number of aromatic nitrogens is 3. The largest absolute Gasteiger partial charge is 0.480 e. The number of H-pyrrole nitrogens is 1. The van der Waals surface area contributed by atoms with Crippen LogP contribution >= 0.6 is 0 Å². The topological polar surface area (TPSA) is 462 Å². The number of hydrogen-bond donors (Lipinski definition) is 15. The Balaban J connectivity index is 1.55. The Kier molecular flexibility index (Phi) is 21.4. The molecule has 7 bridgehead atoms. The Bertz CT molecular complexity index is 2940. The highest BCUT2D eigenvalue weighted by molar-refractivity contribution is 6.00. The third-order valence-electron chi connectivity index (χ3n) is 14.9. The first kappa shape index (κ1) is 62.4. The van der Waals surface area contributed by atoms with Crippen LogP contribution in [0.15, 0.2) is 40.7 Å². The fourth-order valence-electron chi connectivity index (χ4n) is 10.3. The highest BCUT2D eigenvalue weighted by Gasteiger charge is 2.41. The van der Waals surface area contributed by atoms with Gasteiger partial charge < -0.3 is 80.9 Å². The van der Waals surface area contributed by atoms with Crippen molar-refractivity contribution in [3.05, 3.63) is 47.5 Å². The summed E-state index contributed by atoms with van der Waals surface area (Å²) < 4.78 is 1.56. The zero-order chi connectivity index (χ0) is 60.1. The van der Waals surface area contributed by atoms with Crippen molar-refractivity contribution in [2.24, 2.45) is 50.7 Å². The van der Waals surface area contributed by atoms with E-state index in [1.54, 1.807) is 49.7 Å². The summed E-state index contributed by atoms with van der Waals surface area (Å²) in [6, 6.07) is -5.26. The van der Waals surface area contributed by atoms with Gasteiger partial charge in [-0.05, 0) is 61.5 Å². The standard InChI is InChI=1S/C53H78N18O11/c1-7-26(6)41-49(79)68-40(25(4)5)48(78)67-36-20-30-29-13-12-27(39(24(2)3)42(50(80)69-41)70-45(75)32-14-15-37(72)62-32)18-34(29)64-43(30)71-22-28(61-23-71)19-35(46(76)66-33(51(81)82)11-9-17-59-53(56)57)63-38(73)21-60-44(74)31(65-47(36)77)10-8-16-58-52(54)55/h12-13,18,22-26,31-33,35-36,39-42,64H,7-11,14-17,19-21H2,1-6H3,(H,60,74)(H,62,72)(H,63,73)(H,65,77)(H,66,76)(H,67,78)(H,68,79)(H,69,80)(H,70,75)(H,81,82)(H4,54,55,58)(H4,56,57,59)/t26-,31+,32-,33-,35-,36-,39+,40-,41-,42+/m1/s1. The van der Waals surface area contributed by atoms with E-state index in [-0.39, 0.29) is 93.9 Å². The van der Waals surface area contributed by atoms with E-state index in [2.05, 4.69) is 67.8 Å². The molecular formula is C53H78N18O11. The molecular weight excluding hydrogens is 1060 g/mol. The Morgan fingerprint density at radius 3 is 2.07 bits per heavy atom. The van der Waals surface area contributed by atoms with Crippen LogP contribution in [-0.2, 0) is 60.8 Å². The molecule has 7 rings (SSSR count). The highest BCUT2D eigenvalue weighted by Crippen LogP contribution is 2.35. The minimum absolute atomic E-state index is 0.0375. The second-order valence-electron chi connectivity index (χ2n) is 21.7. The normalized spacial score (nSPS) is 23.7. The first-order valence-electron chi connectivity index (χ1n) is 27.5. The van der Waals surface area contributed by atoms with Gasteiger partial charge in [-0.25, -0.2) is 9.78 Å². The Hall–Kier alpha value is -8.79. The fraction of sp³-hybridized carbons (Fsp3) is 0.566. The van der Waals surface area contributed by atoms with Crippen molar-refractivity contribution in [2.75, 3.05) is 19.6 Å². The van der Waals surface area contributed by atoms with Crippen LogP contribution in [0.1, 0.15) is 109 Å². The van der Waals surface area contributed by atoms with Crippen molar-refractivity contribution in [3.8, 4) is 5.82 Å². The van der Waals surface area contributed by atoms with Crippen LogP contribution in [-0.4, -0.2) is 159 Å². The number of aromatic amines is 1. The van der Waals surface area contributed by atoms with Gasteiger partial charge in [-0.15, -0.1) is 0 Å². The molecule has 29 heteroatoms. The van der Waals surface area contributed by atoms with E-state index < -0.39 is 126 Å². The number of amides is 9. The van der Waals surface area contributed by atoms with Gasteiger partial charge >= 0.3 is 5.97 Å². The highest BCUT2D eigenvalue weighted by atomic mass is 16.4. The summed E-state index contributed by atoms with van der Waals surface area (Å²) in [4.78, 5) is 156. The molecule has 446 valence electrons. The molecule has 0 unspecified atom stereocenters. The minimum atomic E-state index is -1.49. The fourth-order valence-corrected chi connectivity index (χ4v) is 10.3. The molecule has 1 aromatic carbocycles. The number of imidazole rings is 1. The van der Waals surface area contributed by atoms with E-state index >= 15 is 4.79 Å². The van der Waals surface area contributed by atoms with E-state index in [1.165, 1.54) is 6.33 Å². The lowest BCUT2D eigenvalue weighted by atomic mass is 9.81. The number of benzene rings is 1. The number of hydrogen-bond acceptors (Lipinski definition) is 13. The second kappa shape index (κ2) is 28.1. The van der Waals surface area contributed by atoms with Crippen LogP contribution in [0.4, 0.5) is 0 Å². The van der Waals surface area contributed by atoms with Crippen molar-refractivity contribution in [2.45, 2.75) is 154 Å². The molecule has 2 aromatic heterocycles. The SMILES string of the molecule is CC[C@@H](C)[C@H]1NC(=O)[C@@H](NC(=O)[C@H]2CCC(=O)N2)[C@@H](C(C)C)c2ccc3c4c([nH]c3c2)-n2cnc(c2)C[C@H](C(=O)N[C@H](CCCN=C(N)N)C(=O)O)NC(=O)CNC(=O)[C@H](CCCN=C(N)N)NC(=O)[C@@H](C4)NC(=O)[C@@H](C(C)C)NC1=O. The van der Waals surface area contributed by atoms with E-state index in [4.69, 9.17) is 22.9 Å². The molecule has 29 nitrogen and oxygen atoms in total. The summed E-state index contributed by atoms with van der Waals surface area (Å²) in [6.07, 6.45) is 3.23. The number of carboxylic acid groups (broad SMARTS) is 1. The summed E-state index contributed by atoms with van der Waals surface area (Å²) in [5.74, 6) is -10.3. The van der Waals surface area contributed by atoms with Gasteiger partial charge in [-0.2, -0.15) is 0 Å². The molecule has 1 saturated heterocycles. The van der Waals surface area contributed by atoms with E-state index in [0.29, 0.717) is 34.3 Å². The van der Waals surface area contributed by atoms with Gasteiger partial charge in [0.25, 0.3) is 0 Å². The maximum absolute atomic E-state index is 15.0. The van der Waals surface area contributed by atoms with Crippen LogP contribution < -0.4 is 70.8 Å². The van der Waals surface area contributed by atoms with Crippen LogP contribution in [0.3, 0.4) is 0 Å². The lowest BCUT2D eigenvalue weighted by Crippen LogP contribution is -2.62. The Morgan fingerprint density at radius 1 is 0.768 bits per heavy atom. The number of carbonyl (C=O) groups is 10. The number of fused-ring (bicyclic) bond motifs is 13. The average molecular weight is 1140 g/mol. The smallest absolute Gasteiger partial charge is 0.326 e. The zero-order valence-electron chi connectivity index (χ0n) is 46.9. The Morgan fingerprint density at radius 2 is 1.44 bits per heavy atom. The predicted molar refractivity (Wildman–Crippen MR) is 300 cm³/mol. The van der Waals surface area contributed by atoms with Crippen molar-refractivity contribution in [1.29, 1.82) is 0 Å². The monoisotopic (exact) mass is 1140 g/mol. The molecule has 9 amide bonds. The summed E-state index contributed by atoms with van der Waals surface area (Å²) in [5, 5.41) is 35.1. The van der Waals surface area contributed by atoms with E-state index in [9.17, 15) is 48.3 Å². The molecule has 82 heavy (non-hydrogen) atoms.